The Morgan fingerprint density at radius 3 is 1.69 bits per heavy atom. The number of halogens is 3. The maximum atomic E-state index is 13.2. The number of allylic oxidation sites excluding steroid dienone is 1. The standard InChI is InChI=1S/C24H27F3O3SSi/c1-4-32(5-2,6-3)19-13-18-22(30-31(28,29)24(25,26)27)23(20-14-9-7-10-15-20)21-16-11-8-12-17-21/h7-12,14-17H,4-6,19H2,1-3H3. The molecule has 0 N–H and O–H groups in total. The second-order valence-corrected chi connectivity index (χ2v) is 14.5. The molecule has 0 atom stereocenters. The fourth-order valence-electron chi connectivity index (χ4n) is 3.36. The zero-order chi connectivity index (χ0) is 23.8. The molecule has 0 fully saturated rings. The lowest BCUT2D eigenvalue weighted by molar-refractivity contribution is -0.0518. The summed E-state index contributed by atoms with van der Waals surface area (Å²) in [5, 5.41) is 0. The summed E-state index contributed by atoms with van der Waals surface area (Å²) in [5.74, 6) is 5.11. The topological polar surface area (TPSA) is 43.4 Å². The summed E-state index contributed by atoms with van der Waals surface area (Å²) in [4.78, 5) is 0. The summed E-state index contributed by atoms with van der Waals surface area (Å²) >= 11 is 0. The zero-order valence-electron chi connectivity index (χ0n) is 18.4. The van der Waals surface area contributed by atoms with Gasteiger partial charge in [0.1, 0.15) is 0 Å². The first-order chi connectivity index (χ1) is 15.1. The van der Waals surface area contributed by atoms with Crippen LogP contribution in [0.15, 0.2) is 66.4 Å². The van der Waals surface area contributed by atoms with Gasteiger partial charge in [0.15, 0.2) is 0 Å². The van der Waals surface area contributed by atoms with Gasteiger partial charge in [-0.1, -0.05) is 105 Å². The molecule has 0 aliphatic rings. The van der Waals surface area contributed by atoms with Crippen molar-refractivity contribution < 1.29 is 25.8 Å². The van der Waals surface area contributed by atoms with Crippen LogP contribution < -0.4 is 0 Å². The van der Waals surface area contributed by atoms with E-state index < -0.39 is 29.5 Å². The quantitative estimate of drug-likeness (QED) is 0.137. The normalized spacial score (nSPS) is 11.9. The molecule has 0 heterocycles. The molecule has 3 nitrogen and oxygen atoms in total. The molecule has 0 aromatic heterocycles. The van der Waals surface area contributed by atoms with Crippen molar-refractivity contribution in [2.24, 2.45) is 0 Å². The highest BCUT2D eigenvalue weighted by Gasteiger charge is 2.49. The Hall–Kier alpha value is -2.50. The van der Waals surface area contributed by atoms with Gasteiger partial charge in [0, 0.05) is 11.6 Å². The smallest absolute Gasteiger partial charge is 0.366 e. The molecule has 2 rings (SSSR count). The van der Waals surface area contributed by atoms with Crippen LogP contribution in [0.1, 0.15) is 31.9 Å². The summed E-state index contributed by atoms with van der Waals surface area (Å²) < 4.78 is 68.0. The molecule has 0 radical (unpaired) electrons. The fraction of sp³-hybridized carbons (Fsp3) is 0.333. The minimum Gasteiger partial charge on any atom is -0.366 e. The first-order valence-electron chi connectivity index (χ1n) is 10.4. The molecule has 2 aromatic carbocycles. The van der Waals surface area contributed by atoms with Crippen LogP contribution in [0.5, 0.6) is 0 Å². The van der Waals surface area contributed by atoms with E-state index in [1.165, 1.54) is 0 Å². The Kier molecular flexibility index (Phi) is 8.76. The molecular formula is C24H27F3O3SSi. The summed E-state index contributed by atoms with van der Waals surface area (Å²) in [6, 6.07) is 20.6. The van der Waals surface area contributed by atoms with Crippen LogP contribution in [-0.4, -0.2) is 22.0 Å². The summed E-state index contributed by atoms with van der Waals surface area (Å²) in [5.41, 5.74) is -4.35. The lowest BCUT2D eigenvalue weighted by Gasteiger charge is -2.25. The van der Waals surface area contributed by atoms with Crippen molar-refractivity contribution in [3.05, 3.63) is 77.5 Å². The first kappa shape index (κ1) is 25.8. The molecule has 0 saturated heterocycles. The van der Waals surface area contributed by atoms with Crippen LogP contribution >= 0.6 is 0 Å². The highest BCUT2D eigenvalue weighted by atomic mass is 32.2. The monoisotopic (exact) mass is 480 g/mol. The van der Waals surface area contributed by atoms with Crippen LogP contribution in [0.3, 0.4) is 0 Å². The second-order valence-electron chi connectivity index (χ2n) is 7.46. The van der Waals surface area contributed by atoms with E-state index in [2.05, 4.69) is 36.8 Å². The summed E-state index contributed by atoms with van der Waals surface area (Å²) in [7, 11) is -7.59. The van der Waals surface area contributed by atoms with E-state index in [0.717, 1.165) is 18.1 Å². The van der Waals surface area contributed by atoms with Crippen LogP contribution in [-0.2, 0) is 14.3 Å². The van der Waals surface area contributed by atoms with Gasteiger partial charge in [0.2, 0.25) is 5.76 Å². The van der Waals surface area contributed by atoms with Gasteiger partial charge < -0.3 is 4.18 Å². The van der Waals surface area contributed by atoms with Crippen LogP contribution in [0, 0.1) is 11.8 Å². The van der Waals surface area contributed by atoms with Crippen LogP contribution in [0.4, 0.5) is 13.2 Å². The molecule has 0 spiro atoms. The van der Waals surface area contributed by atoms with Crippen molar-refractivity contribution in [1.82, 2.24) is 0 Å². The Labute approximate surface area is 189 Å². The molecule has 32 heavy (non-hydrogen) atoms. The lowest BCUT2D eigenvalue weighted by atomic mass is 9.97. The van der Waals surface area contributed by atoms with Crippen LogP contribution in [0.2, 0.25) is 24.2 Å². The molecular weight excluding hydrogens is 453 g/mol. The molecule has 0 amide bonds. The van der Waals surface area contributed by atoms with Gasteiger partial charge in [-0.15, -0.1) is 0 Å². The van der Waals surface area contributed by atoms with Gasteiger partial charge >= 0.3 is 15.6 Å². The minimum atomic E-state index is -5.89. The van der Waals surface area contributed by atoms with Crippen molar-refractivity contribution in [1.29, 1.82) is 0 Å². The van der Waals surface area contributed by atoms with Gasteiger partial charge in [0.25, 0.3) is 0 Å². The van der Waals surface area contributed by atoms with E-state index in [0.29, 0.717) is 17.2 Å². The Bertz CT molecular complexity index is 1030. The predicted octanol–water partition coefficient (Wildman–Crippen LogP) is 6.82. The lowest BCUT2D eigenvalue weighted by Crippen LogP contribution is -2.30. The largest absolute Gasteiger partial charge is 0.534 e. The number of rotatable bonds is 8. The van der Waals surface area contributed by atoms with Crippen LogP contribution in [0.25, 0.3) is 5.57 Å². The fourth-order valence-corrected chi connectivity index (χ4v) is 6.51. The molecule has 172 valence electrons. The Morgan fingerprint density at radius 2 is 1.31 bits per heavy atom. The number of alkyl halides is 3. The van der Waals surface area contributed by atoms with E-state index in [4.69, 9.17) is 0 Å². The van der Waals surface area contributed by atoms with E-state index in [1.54, 1.807) is 60.7 Å². The van der Waals surface area contributed by atoms with Gasteiger partial charge in [-0.2, -0.15) is 21.6 Å². The van der Waals surface area contributed by atoms with Crippen molar-refractivity contribution in [2.45, 2.75) is 50.5 Å². The SMILES string of the molecule is CC[Si](CC)(CC)CC#CC(OS(=O)(=O)C(F)(F)F)=C(c1ccccc1)c1ccccc1. The van der Waals surface area contributed by atoms with Crippen molar-refractivity contribution in [2.75, 3.05) is 0 Å². The van der Waals surface area contributed by atoms with Gasteiger partial charge in [-0.25, -0.2) is 0 Å². The van der Waals surface area contributed by atoms with E-state index in [1.807, 2.05) is 0 Å². The molecule has 0 aliphatic carbocycles. The van der Waals surface area contributed by atoms with E-state index in [9.17, 15) is 21.6 Å². The molecule has 2 aromatic rings. The number of hydrogen-bond acceptors (Lipinski definition) is 3. The summed E-state index contributed by atoms with van der Waals surface area (Å²) in [6.45, 7) is 6.30. The maximum absolute atomic E-state index is 13.2. The highest BCUT2D eigenvalue weighted by Crippen LogP contribution is 2.33. The molecule has 0 bridgehead atoms. The van der Waals surface area contributed by atoms with Gasteiger partial charge in [-0.3, -0.25) is 0 Å². The van der Waals surface area contributed by atoms with E-state index >= 15 is 0 Å². The Morgan fingerprint density at radius 1 is 0.875 bits per heavy atom. The predicted molar refractivity (Wildman–Crippen MR) is 125 cm³/mol. The third-order valence-electron chi connectivity index (χ3n) is 5.74. The molecule has 0 saturated carbocycles. The average molecular weight is 481 g/mol. The third-order valence-corrected chi connectivity index (χ3v) is 12.1. The highest BCUT2D eigenvalue weighted by molar-refractivity contribution is 7.87. The molecule has 0 unspecified atom stereocenters. The van der Waals surface area contributed by atoms with Crippen molar-refractivity contribution in [3.63, 3.8) is 0 Å². The maximum Gasteiger partial charge on any atom is 0.534 e. The minimum absolute atomic E-state index is 0.197. The van der Waals surface area contributed by atoms with Crippen molar-refractivity contribution >= 4 is 23.8 Å². The van der Waals surface area contributed by atoms with Gasteiger partial charge in [0.05, 0.1) is 8.07 Å². The second kappa shape index (κ2) is 10.9. The Balaban J connectivity index is 2.74. The number of benzene rings is 2. The zero-order valence-corrected chi connectivity index (χ0v) is 20.2. The van der Waals surface area contributed by atoms with Gasteiger partial charge in [-0.05, 0) is 17.0 Å². The first-order valence-corrected chi connectivity index (χ1v) is 14.7. The number of hydrogen-bond donors (Lipinski definition) is 0. The molecule has 0 aliphatic heterocycles. The summed E-state index contributed by atoms with van der Waals surface area (Å²) in [6.07, 6.45) is 0. The molecule has 8 heteroatoms. The third kappa shape index (κ3) is 6.27. The average Bonchev–Trinajstić information content (AvgIpc) is 2.77. The van der Waals surface area contributed by atoms with Crippen molar-refractivity contribution in [3.8, 4) is 11.8 Å². The van der Waals surface area contributed by atoms with E-state index in [-0.39, 0.29) is 5.57 Å².